The highest BCUT2D eigenvalue weighted by Gasteiger charge is 2.00. The zero-order valence-corrected chi connectivity index (χ0v) is 8.94. The van der Waals surface area contributed by atoms with Crippen LogP contribution in [-0.4, -0.2) is 19.9 Å². The molecule has 0 unspecified atom stereocenters. The number of hydrogen-bond donors (Lipinski definition) is 0. The number of methoxy groups -OCH3 is 1. The van der Waals surface area contributed by atoms with Gasteiger partial charge in [0.05, 0.1) is 7.11 Å². The van der Waals surface area contributed by atoms with E-state index in [0.29, 0.717) is 0 Å². The molecule has 0 atom stereocenters. The van der Waals surface area contributed by atoms with Crippen LogP contribution in [0, 0.1) is 0 Å². The van der Waals surface area contributed by atoms with Crippen LogP contribution >= 0.6 is 0 Å². The average molecular weight is 201 g/mol. The van der Waals surface area contributed by atoms with E-state index in [1.807, 2.05) is 18.3 Å². The molecule has 0 N–H and O–H groups in total. The molecule has 1 aliphatic rings. The van der Waals surface area contributed by atoms with Crippen LogP contribution in [0.5, 0.6) is 5.75 Å². The van der Waals surface area contributed by atoms with E-state index in [0.717, 1.165) is 18.7 Å². The number of ether oxygens (including phenoxy) is 1. The van der Waals surface area contributed by atoms with Crippen molar-refractivity contribution in [1.29, 1.82) is 0 Å². The maximum atomic E-state index is 5.11. The standard InChI is InChI=1S/C13H15NO/c1-15-13-6-4-11(5-7-13)9-12-3-2-8-14-10-12/h4-7,9-10H,2-3,8H2,1H3/b12-9+. The Morgan fingerprint density at radius 1 is 1.27 bits per heavy atom. The lowest BCUT2D eigenvalue weighted by Crippen LogP contribution is -1.96. The summed E-state index contributed by atoms with van der Waals surface area (Å²) < 4.78 is 5.11. The number of rotatable bonds is 2. The molecular formula is C13H15NO. The fourth-order valence-corrected chi connectivity index (χ4v) is 1.64. The summed E-state index contributed by atoms with van der Waals surface area (Å²) in [5.41, 5.74) is 2.52. The first-order chi connectivity index (χ1) is 7.38. The topological polar surface area (TPSA) is 21.6 Å². The number of allylic oxidation sites excluding steroid dienone is 1. The smallest absolute Gasteiger partial charge is 0.118 e. The van der Waals surface area contributed by atoms with Crippen LogP contribution in [0.2, 0.25) is 0 Å². The minimum Gasteiger partial charge on any atom is -0.497 e. The Hall–Kier alpha value is -1.57. The van der Waals surface area contributed by atoms with Crippen molar-refractivity contribution in [2.24, 2.45) is 4.99 Å². The Morgan fingerprint density at radius 3 is 2.67 bits per heavy atom. The summed E-state index contributed by atoms with van der Waals surface area (Å²) in [7, 11) is 1.68. The Labute approximate surface area is 90.3 Å². The molecule has 0 aliphatic carbocycles. The molecule has 1 heterocycles. The molecule has 1 aromatic rings. The first kappa shape index (κ1) is 9.97. The number of nitrogens with zero attached hydrogens (tertiary/aromatic N) is 1. The third-order valence-electron chi connectivity index (χ3n) is 2.48. The van der Waals surface area contributed by atoms with Gasteiger partial charge in [-0.2, -0.15) is 0 Å². The SMILES string of the molecule is COc1ccc(/C=C2/C=NCCC2)cc1. The maximum Gasteiger partial charge on any atom is 0.118 e. The van der Waals surface area contributed by atoms with Crippen molar-refractivity contribution < 1.29 is 4.74 Å². The zero-order valence-electron chi connectivity index (χ0n) is 8.94. The third kappa shape index (κ3) is 2.69. The molecule has 1 aromatic carbocycles. The Balaban J connectivity index is 2.15. The molecular weight excluding hydrogens is 186 g/mol. The average Bonchev–Trinajstić information content (AvgIpc) is 2.31. The summed E-state index contributed by atoms with van der Waals surface area (Å²) in [5, 5.41) is 0. The van der Waals surface area contributed by atoms with Gasteiger partial charge in [-0.05, 0) is 36.1 Å². The van der Waals surface area contributed by atoms with Crippen molar-refractivity contribution in [3.8, 4) is 5.75 Å². The maximum absolute atomic E-state index is 5.11. The van der Waals surface area contributed by atoms with Crippen LogP contribution in [0.25, 0.3) is 6.08 Å². The molecule has 0 fully saturated rings. The highest BCUT2D eigenvalue weighted by molar-refractivity contribution is 5.86. The quantitative estimate of drug-likeness (QED) is 0.721. The molecule has 0 saturated heterocycles. The second-order valence-electron chi connectivity index (χ2n) is 3.63. The summed E-state index contributed by atoms with van der Waals surface area (Å²) in [6.45, 7) is 0.972. The van der Waals surface area contributed by atoms with Crippen LogP contribution in [0.15, 0.2) is 34.8 Å². The lowest BCUT2D eigenvalue weighted by molar-refractivity contribution is 0.415. The van der Waals surface area contributed by atoms with Crippen LogP contribution in [0.1, 0.15) is 18.4 Å². The first-order valence-electron chi connectivity index (χ1n) is 5.23. The van der Waals surface area contributed by atoms with Gasteiger partial charge in [0.2, 0.25) is 0 Å². The van der Waals surface area contributed by atoms with E-state index in [4.69, 9.17) is 4.74 Å². The Morgan fingerprint density at radius 2 is 2.07 bits per heavy atom. The van der Waals surface area contributed by atoms with Gasteiger partial charge in [-0.1, -0.05) is 18.2 Å². The van der Waals surface area contributed by atoms with E-state index < -0.39 is 0 Å². The Kier molecular flexibility index (Phi) is 3.18. The highest BCUT2D eigenvalue weighted by atomic mass is 16.5. The summed E-state index contributed by atoms with van der Waals surface area (Å²) in [6.07, 6.45) is 6.46. The van der Waals surface area contributed by atoms with Crippen molar-refractivity contribution >= 4 is 12.3 Å². The minimum atomic E-state index is 0.898. The third-order valence-corrected chi connectivity index (χ3v) is 2.48. The molecule has 2 rings (SSSR count). The van der Waals surface area contributed by atoms with Crippen molar-refractivity contribution in [1.82, 2.24) is 0 Å². The van der Waals surface area contributed by atoms with Crippen LogP contribution in [-0.2, 0) is 0 Å². The van der Waals surface area contributed by atoms with Gasteiger partial charge in [0.15, 0.2) is 0 Å². The highest BCUT2D eigenvalue weighted by Crippen LogP contribution is 2.16. The van der Waals surface area contributed by atoms with Gasteiger partial charge >= 0.3 is 0 Å². The van der Waals surface area contributed by atoms with Gasteiger partial charge in [0, 0.05) is 12.8 Å². The van der Waals surface area contributed by atoms with Gasteiger partial charge in [0.25, 0.3) is 0 Å². The predicted molar refractivity (Wildman–Crippen MR) is 63.6 cm³/mol. The van der Waals surface area contributed by atoms with Crippen molar-refractivity contribution in [3.63, 3.8) is 0 Å². The predicted octanol–water partition coefficient (Wildman–Crippen LogP) is 2.94. The van der Waals surface area contributed by atoms with E-state index in [-0.39, 0.29) is 0 Å². The van der Waals surface area contributed by atoms with Crippen LogP contribution in [0.4, 0.5) is 0 Å². The number of hydrogen-bond acceptors (Lipinski definition) is 2. The van der Waals surface area contributed by atoms with E-state index >= 15 is 0 Å². The molecule has 78 valence electrons. The molecule has 0 spiro atoms. The first-order valence-corrected chi connectivity index (χ1v) is 5.23. The molecule has 1 aliphatic heterocycles. The van der Waals surface area contributed by atoms with Crippen molar-refractivity contribution in [3.05, 3.63) is 35.4 Å². The molecule has 2 heteroatoms. The van der Waals surface area contributed by atoms with Crippen molar-refractivity contribution in [2.45, 2.75) is 12.8 Å². The molecule has 0 aromatic heterocycles. The molecule has 15 heavy (non-hydrogen) atoms. The van der Waals surface area contributed by atoms with E-state index in [2.05, 4.69) is 23.2 Å². The molecule has 0 bridgehead atoms. The number of aliphatic imine (C=N–C) groups is 1. The lowest BCUT2D eigenvalue weighted by Gasteiger charge is -2.06. The number of benzene rings is 1. The van der Waals surface area contributed by atoms with Crippen LogP contribution < -0.4 is 4.74 Å². The monoisotopic (exact) mass is 201 g/mol. The van der Waals surface area contributed by atoms with Crippen molar-refractivity contribution in [2.75, 3.05) is 13.7 Å². The van der Waals surface area contributed by atoms with Gasteiger partial charge < -0.3 is 4.74 Å². The van der Waals surface area contributed by atoms with Gasteiger partial charge in [0.1, 0.15) is 5.75 Å². The summed E-state index contributed by atoms with van der Waals surface area (Å²) >= 11 is 0. The van der Waals surface area contributed by atoms with Gasteiger partial charge in [-0.25, -0.2) is 0 Å². The Bertz CT molecular complexity index is 376. The van der Waals surface area contributed by atoms with E-state index in [1.54, 1.807) is 7.11 Å². The minimum absolute atomic E-state index is 0.898. The normalized spacial score (nSPS) is 18.1. The van der Waals surface area contributed by atoms with Crippen LogP contribution in [0.3, 0.4) is 0 Å². The largest absolute Gasteiger partial charge is 0.497 e. The van der Waals surface area contributed by atoms with Gasteiger partial charge in [-0.3, -0.25) is 4.99 Å². The fourth-order valence-electron chi connectivity index (χ4n) is 1.64. The summed E-state index contributed by atoms with van der Waals surface area (Å²) in [4.78, 5) is 4.27. The lowest BCUT2D eigenvalue weighted by atomic mass is 10.1. The molecule has 2 nitrogen and oxygen atoms in total. The van der Waals surface area contributed by atoms with E-state index in [9.17, 15) is 0 Å². The van der Waals surface area contributed by atoms with Gasteiger partial charge in [-0.15, -0.1) is 0 Å². The molecule has 0 saturated carbocycles. The second kappa shape index (κ2) is 4.78. The second-order valence-corrected chi connectivity index (χ2v) is 3.63. The summed E-state index contributed by atoms with van der Waals surface area (Å²) in [5.74, 6) is 0.898. The zero-order chi connectivity index (χ0) is 10.5. The fraction of sp³-hybridized carbons (Fsp3) is 0.308. The molecule has 0 radical (unpaired) electrons. The van der Waals surface area contributed by atoms with E-state index in [1.165, 1.54) is 17.6 Å². The summed E-state index contributed by atoms with van der Waals surface area (Å²) in [6, 6.07) is 8.08. The molecule has 0 amide bonds.